The van der Waals surface area contributed by atoms with Gasteiger partial charge >= 0.3 is 5.97 Å². The Morgan fingerprint density at radius 1 is 0.972 bits per heavy atom. The number of aliphatic hydroxyl groups excluding tert-OH is 2. The van der Waals surface area contributed by atoms with Crippen molar-refractivity contribution in [1.29, 1.82) is 0 Å². The molecular weight excluding hydrogens is 460 g/mol. The van der Waals surface area contributed by atoms with Crippen LogP contribution in [0.4, 0.5) is 0 Å². The van der Waals surface area contributed by atoms with E-state index in [2.05, 4.69) is 10.6 Å². The molecule has 3 rings (SSSR count). The Hall–Kier alpha value is -3.72. The van der Waals surface area contributed by atoms with Crippen LogP contribution in [0.15, 0.2) is 72.8 Å². The summed E-state index contributed by atoms with van der Waals surface area (Å²) in [5.74, 6) is -0.884. The standard InChI is InChI=1S/C28H32N2O6/c1-28(2,30-16-25(33)21-11-12-24(32)23(14-21)17-31)15-19-7-6-10-22(13-19)26(34)29-18-36-27(35)20-8-4-3-5-9-20/h3-14,25,30-33H,15-18H2,1-2H3,(H,29,34)/t25-/m0/s1. The van der Waals surface area contributed by atoms with E-state index in [9.17, 15) is 24.9 Å². The summed E-state index contributed by atoms with van der Waals surface area (Å²) in [6.45, 7) is 3.69. The van der Waals surface area contributed by atoms with Crippen LogP contribution in [0, 0.1) is 0 Å². The number of hydrogen-bond acceptors (Lipinski definition) is 7. The number of esters is 1. The molecular formula is C28H32N2O6. The molecule has 8 heteroatoms. The Bertz CT molecular complexity index is 1180. The van der Waals surface area contributed by atoms with E-state index in [-0.39, 0.29) is 31.5 Å². The first-order valence-electron chi connectivity index (χ1n) is 11.6. The van der Waals surface area contributed by atoms with E-state index in [1.807, 2.05) is 19.9 Å². The van der Waals surface area contributed by atoms with Gasteiger partial charge in [-0.3, -0.25) is 4.79 Å². The van der Waals surface area contributed by atoms with E-state index < -0.39 is 17.6 Å². The lowest BCUT2D eigenvalue weighted by atomic mass is 9.93. The molecule has 0 fully saturated rings. The topological polar surface area (TPSA) is 128 Å². The molecule has 0 aliphatic heterocycles. The molecule has 0 aromatic heterocycles. The predicted octanol–water partition coefficient (Wildman–Crippen LogP) is 3.07. The molecule has 190 valence electrons. The third kappa shape index (κ3) is 7.64. The van der Waals surface area contributed by atoms with Crippen LogP contribution in [0.25, 0.3) is 0 Å². The molecule has 8 nitrogen and oxygen atoms in total. The smallest absolute Gasteiger partial charge is 0.339 e. The van der Waals surface area contributed by atoms with Gasteiger partial charge in [0.2, 0.25) is 0 Å². The Morgan fingerprint density at radius 3 is 2.42 bits per heavy atom. The molecule has 0 bridgehead atoms. The van der Waals surface area contributed by atoms with Crippen molar-refractivity contribution in [2.45, 2.75) is 38.5 Å². The van der Waals surface area contributed by atoms with Gasteiger partial charge in [-0.25, -0.2) is 4.79 Å². The fourth-order valence-electron chi connectivity index (χ4n) is 3.75. The summed E-state index contributed by atoms with van der Waals surface area (Å²) < 4.78 is 5.11. The molecule has 0 heterocycles. The third-order valence-corrected chi connectivity index (χ3v) is 5.71. The molecule has 0 radical (unpaired) electrons. The van der Waals surface area contributed by atoms with Gasteiger partial charge < -0.3 is 30.7 Å². The van der Waals surface area contributed by atoms with Gasteiger partial charge in [0.05, 0.1) is 18.3 Å². The molecule has 0 unspecified atom stereocenters. The highest BCUT2D eigenvalue weighted by Gasteiger charge is 2.21. The molecule has 0 spiro atoms. The number of aromatic hydroxyl groups is 1. The maximum Gasteiger partial charge on any atom is 0.339 e. The van der Waals surface area contributed by atoms with Crippen molar-refractivity contribution in [2.24, 2.45) is 0 Å². The minimum atomic E-state index is -0.828. The van der Waals surface area contributed by atoms with Crippen LogP contribution in [0.2, 0.25) is 0 Å². The van der Waals surface area contributed by atoms with Gasteiger partial charge in [-0.1, -0.05) is 36.4 Å². The number of hydrogen-bond donors (Lipinski definition) is 5. The van der Waals surface area contributed by atoms with Gasteiger partial charge in [0.25, 0.3) is 5.91 Å². The number of amides is 1. The maximum absolute atomic E-state index is 12.5. The van der Waals surface area contributed by atoms with E-state index in [4.69, 9.17) is 4.74 Å². The first kappa shape index (κ1) is 26.9. The zero-order valence-corrected chi connectivity index (χ0v) is 20.4. The van der Waals surface area contributed by atoms with Crippen LogP contribution >= 0.6 is 0 Å². The quantitative estimate of drug-likeness (QED) is 0.206. The molecule has 1 amide bonds. The van der Waals surface area contributed by atoms with Crippen molar-refractivity contribution >= 4 is 11.9 Å². The van der Waals surface area contributed by atoms with Crippen molar-refractivity contribution in [3.63, 3.8) is 0 Å². The minimum absolute atomic E-state index is 0.0139. The number of phenols is 1. The lowest BCUT2D eigenvalue weighted by molar-refractivity contribution is 0.0463. The number of rotatable bonds is 11. The number of β-amino-alcohol motifs (C(OH)–C–C–N with tert-alkyl or cyclic N) is 1. The van der Waals surface area contributed by atoms with Crippen molar-refractivity contribution in [1.82, 2.24) is 10.6 Å². The molecule has 0 saturated heterocycles. The summed E-state index contributed by atoms with van der Waals surface area (Å²) in [4.78, 5) is 24.5. The van der Waals surface area contributed by atoms with Gasteiger partial charge in [-0.2, -0.15) is 0 Å². The normalized spacial score (nSPS) is 12.1. The Balaban J connectivity index is 1.52. The van der Waals surface area contributed by atoms with Crippen LogP contribution in [-0.4, -0.2) is 46.0 Å². The predicted molar refractivity (Wildman–Crippen MR) is 135 cm³/mol. The van der Waals surface area contributed by atoms with Gasteiger partial charge in [0, 0.05) is 23.2 Å². The summed E-state index contributed by atoms with van der Waals surface area (Å²) in [5, 5.41) is 35.5. The van der Waals surface area contributed by atoms with Crippen LogP contribution in [0.5, 0.6) is 5.75 Å². The van der Waals surface area contributed by atoms with Crippen LogP contribution in [0.3, 0.4) is 0 Å². The van der Waals surface area contributed by atoms with Gasteiger partial charge in [0.1, 0.15) is 5.75 Å². The average Bonchev–Trinajstić information content (AvgIpc) is 2.88. The van der Waals surface area contributed by atoms with Crippen LogP contribution in [0.1, 0.15) is 57.4 Å². The summed E-state index contributed by atoms with van der Waals surface area (Å²) in [5.41, 5.74) is 2.32. The van der Waals surface area contributed by atoms with Crippen molar-refractivity contribution < 1.29 is 29.6 Å². The summed E-state index contributed by atoms with van der Waals surface area (Å²) in [7, 11) is 0. The number of carbonyl (C=O) groups excluding carboxylic acids is 2. The second-order valence-corrected chi connectivity index (χ2v) is 9.15. The van der Waals surface area contributed by atoms with Crippen molar-refractivity contribution in [3.8, 4) is 5.75 Å². The van der Waals surface area contributed by atoms with Crippen molar-refractivity contribution in [3.05, 3.63) is 101 Å². The molecule has 5 N–H and O–H groups in total. The molecule has 36 heavy (non-hydrogen) atoms. The maximum atomic E-state index is 12.5. The number of aliphatic hydroxyl groups is 2. The van der Waals surface area contributed by atoms with E-state index in [1.54, 1.807) is 60.7 Å². The molecule has 3 aromatic rings. The van der Waals surface area contributed by atoms with E-state index in [1.165, 1.54) is 6.07 Å². The summed E-state index contributed by atoms with van der Waals surface area (Å²) in [6, 6.07) is 20.4. The fraction of sp³-hybridized carbons (Fsp3) is 0.286. The highest BCUT2D eigenvalue weighted by atomic mass is 16.5. The zero-order valence-electron chi connectivity index (χ0n) is 20.4. The largest absolute Gasteiger partial charge is 0.508 e. The molecule has 0 aliphatic carbocycles. The molecule has 0 saturated carbocycles. The highest BCUT2D eigenvalue weighted by Crippen LogP contribution is 2.23. The number of carbonyl (C=O) groups is 2. The van der Waals surface area contributed by atoms with Gasteiger partial charge in [0.15, 0.2) is 6.73 Å². The third-order valence-electron chi connectivity index (χ3n) is 5.71. The monoisotopic (exact) mass is 492 g/mol. The number of benzene rings is 3. The average molecular weight is 493 g/mol. The number of nitrogens with one attached hydrogen (secondary N) is 2. The first-order valence-corrected chi connectivity index (χ1v) is 11.6. The lowest BCUT2D eigenvalue weighted by Crippen LogP contribution is -2.43. The summed E-state index contributed by atoms with van der Waals surface area (Å²) in [6.07, 6.45) is -0.243. The Morgan fingerprint density at radius 2 is 1.69 bits per heavy atom. The van der Waals surface area contributed by atoms with E-state index in [0.29, 0.717) is 28.7 Å². The van der Waals surface area contributed by atoms with E-state index >= 15 is 0 Å². The number of ether oxygens (including phenoxy) is 1. The second kappa shape index (κ2) is 12.3. The zero-order chi connectivity index (χ0) is 26.1. The first-order chi connectivity index (χ1) is 17.2. The van der Waals surface area contributed by atoms with Crippen LogP contribution in [-0.2, 0) is 17.8 Å². The van der Waals surface area contributed by atoms with E-state index in [0.717, 1.165) is 5.56 Å². The summed E-state index contributed by atoms with van der Waals surface area (Å²) >= 11 is 0. The molecule has 1 atom stereocenters. The Labute approximate surface area is 210 Å². The van der Waals surface area contributed by atoms with Gasteiger partial charge in [-0.05, 0) is 67.8 Å². The SMILES string of the molecule is CC(C)(Cc1cccc(C(=O)NCOC(=O)c2ccccc2)c1)NC[C@H](O)c1ccc(O)c(CO)c1. The highest BCUT2D eigenvalue weighted by molar-refractivity contribution is 5.94. The molecule has 3 aromatic carbocycles. The minimum Gasteiger partial charge on any atom is -0.508 e. The Kier molecular flexibility index (Phi) is 9.19. The lowest BCUT2D eigenvalue weighted by Gasteiger charge is -2.28. The van der Waals surface area contributed by atoms with Crippen LogP contribution < -0.4 is 10.6 Å². The van der Waals surface area contributed by atoms with Gasteiger partial charge in [-0.15, -0.1) is 0 Å². The molecule has 0 aliphatic rings. The van der Waals surface area contributed by atoms with Crippen molar-refractivity contribution in [2.75, 3.05) is 13.3 Å². The fourth-order valence-corrected chi connectivity index (χ4v) is 3.75. The second-order valence-electron chi connectivity index (χ2n) is 9.15.